The summed E-state index contributed by atoms with van der Waals surface area (Å²) in [5.41, 5.74) is 7.84. The van der Waals surface area contributed by atoms with E-state index in [0.29, 0.717) is 12.5 Å². The van der Waals surface area contributed by atoms with Crippen LogP contribution < -0.4 is 5.73 Å². The third-order valence-corrected chi connectivity index (χ3v) is 3.02. The second kappa shape index (κ2) is 4.37. The Kier molecular flexibility index (Phi) is 3.12. The predicted molar refractivity (Wildman–Crippen MR) is 65.8 cm³/mol. The Labute approximate surface area is 97.6 Å². The minimum Gasteiger partial charge on any atom is -0.464 e. The van der Waals surface area contributed by atoms with Gasteiger partial charge in [-0.15, -0.1) is 0 Å². The SMILES string of the molecule is CC(CN)Cc1cc(Br)cc2ccoc12. The van der Waals surface area contributed by atoms with Crippen LogP contribution >= 0.6 is 15.9 Å². The van der Waals surface area contributed by atoms with Gasteiger partial charge in [-0.2, -0.15) is 0 Å². The van der Waals surface area contributed by atoms with Gasteiger partial charge in [-0.25, -0.2) is 0 Å². The van der Waals surface area contributed by atoms with Crippen LogP contribution in [0.15, 0.2) is 33.4 Å². The molecule has 0 bridgehead atoms. The van der Waals surface area contributed by atoms with E-state index in [2.05, 4.69) is 35.0 Å². The van der Waals surface area contributed by atoms with Crippen molar-refractivity contribution in [1.29, 1.82) is 0 Å². The van der Waals surface area contributed by atoms with Crippen molar-refractivity contribution in [3.8, 4) is 0 Å². The molecule has 1 aromatic carbocycles. The van der Waals surface area contributed by atoms with E-state index in [1.54, 1.807) is 6.26 Å². The number of rotatable bonds is 3. The first kappa shape index (κ1) is 10.7. The van der Waals surface area contributed by atoms with Gasteiger partial charge in [-0.3, -0.25) is 0 Å². The van der Waals surface area contributed by atoms with E-state index in [4.69, 9.17) is 10.2 Å². The van der Waals surface area contributed by atoms with Crippen molar-refractivity contribution in [2.75, 3.05) is 6.54 Å². The molecule has 3 heteroatoms. The first-order valence-corrected chi connectivity index (χ1v) is 5.85. The van der Waals surface area contributed by atoms with E-state index in [1.165, 1.54) is 5.56 Å². The fourth-order valence-electron chi connectivity index (χ4n) is 1.73. The van der Waals surface area contributed by atoms with Gasteiger partial charge in [0.1, 0.15) is 5.58 Å². The predicted octanol–water partition coefficient (Wildman–Crippen LogP) is 3.33. The van der Waals surface area contributed by atoms with Crippen LogP contribution in [0.4, 0.5) is 0 Å². The van der Waals surface area contributed by atoms with Crippen molar-refractivity contribution >= 4 is 26.9 Å². The summed E-state index contributed by atoms with van der Waals surface area (Å²) in [6.07, 6.45) is 2.69. The second-order valence-corrected chi connectivity index (χ2v) is 4.86. The molecule has 0 aliphatic heterocycles. The molecule has 0 aliphatic rings. The molecule has 2 nitrogen and oxygen atoms in total. The Hall–Kier alpha value is -0.800. The first-order valence-electron chi connectivity index (χ1n) is 5.06. The third-order valence-electron chi connectivity index (χ3n) is 2.56. The zero-order valence-corrected chi connectivity index (χ0v) is 10.3. The molecule has 0 saturated carbocycles. The van der Waals surface area contributed by atoms with Crippen molar-refractivity contribution < 1.29 is 4.42 Å². The summed E-state index contributed by atoms with van der Waals surface area (Å²) in [6.45, 7) is 2.85. The van der Waals surface area contributed by atoms with E-state index in [-0.39, 0.29) is 0 Å². The summed E-state index contributed by atoms with van der Waals surface area (Å²) in [6, 6.07) is 6.16. The fraction of sp³-hybridized carbons (Fsp3) is 0.333. The smallest absolute Gasteiger partial charge is 0.137 e. The molecule has 0 saturated heterocycles. The summed E-state index contributed by atoms with van der Waals surface area (Å²) in [7, 11) is 0. The molecule has 1 unspecified atom stereocenters. The number of nitrogens with two attached hydrogens (primary N) is 1. The minimum absolute atomic E-state index is 0.479. The van der Waals surface area contributed by atoms with Gasteiger partial charge in [0.05, 0.1) is 6.26 Å². The molecule has 2 N–H and O–H groups in total. The molecule has 80 valence electrons. The van der Waals surface area contributed by atoms with Crippen LogP contribution in [0.3, 0.4) is 0 Å². The first-order chi connectivity index (χ1) is 7.20. The number of halogens is 1. The molecular weight excluding hydrogens is 254 g/mol. The Morgan fingerprint density at radius 1 is 1.47 bits per heavy atom. The maximum absolute atomic E-state index is 5.63. The molecule has 0 amide bonds. The van der Waals surface area contributed by atoms with Crippen LogP contribution in [-0.2, 0) is 6.42 Å². The lowest BCUT2D eigenvalue weighted by molar-refractivity contribution is 0.574. The third kappa shape index (κ3) is 2.24. The zero-order chi connectivity index (χ0) is 10.8. The van der Waals surface area contributed by atoms with E-state index < -0.39 is 0 Å². The maximum atomic E-state index is 5.63. The van der Waals surface area contributed by atoms with Crippen LogP contribution in [0.5, 0.6) is 0 Å². The van der Waals surface area contributed by atoms with Crippen LogP contribution in [0.1, 0.15) is 12.5 Å². The van der Waals surface area contributed by atoms with Gasteiger partial charge in [0.25, 0.3) is 0 Å². The molecular formula is C12H14BrNO. The largest absolute Gasteiger partial charge is 0.464 e. The van der Waals surface area contributed by atoms with Crippen molar-refractivity contribution in [2.24, 2.45) is 11.7 Å². The van der Waals surface area contributed by atoms with Crippen LogP contribution in [0.2, 0.25) is 0 Å². The van der Waals surface area contributed by atoms with Crippen LogP contribution in [0, 0.1) is 5.92 Å². The Balaban J connectivity index is 2.44. The van der Waals surface area contributed by atoms with Crippen LogP contribution in [-0.4, -0.2) is 6.54 Å². The number of hydrogen-bond acceptors (Lipinski definition) is 2. The van der Waals surface area contributed by atoms with E-state index >= 15 is 0 Å². The van der Waals surface area contributed by atoms with E-state index in [9.17, 15) is 0 Å². The second-order valence-electron chi connectivity index (χ2n) is 3.95. The average Bonchev–Trinajstić information content (AvgIpc) is 2.65. The minimum atomic E-state index is 0.479. The molecule has 15 heavy (non-hydrogen) atoms. The van der Waals surface area contributed by atoms with E-state index in [0.717, 1.165) is 21.9 Å². The molecule has 1 aromatic heterocycles. The highest BCUT2D eigenvalue weighted by Gasteiger charge is 2.09. The normalized spacial score (nSPS) is 13.3. The maximum Gasteiger partial charge on any atom is 0.137 e. The molecule has 0 fully saturated rings. The zero-order valence-electron chi connectivity index (χ0n) is 8.66. The number of benzene rings is 1. The van der Waals surface area contributed by atoms with Gasteiger partial charge in [0.2, 0.25) is 0 Å². The Morgan fingerprint density at radius 2 is 2.27 bits per heavy atom. The van der Waals surface area contributed by atoms with Crippen molar-refractivity contribution in [2.45, 2.75) is 13.3 Å². The highest BCUT2D eigenvalue weighted by atomic mass is 79.9. The summed E-state index contributed by atoms with van der Waals surface area (Å²) < 4.78 is 6.58. The van der Waals surface area contributed by atoms with Gasteiger partial charge >= 0.3 is 0 Å². The lowest BCUT2D eigenvalue weighted by Gasteiger charge is -2.09. The molecule has 2 rings (SSSR count). The highest BCUT2D eigenvalue weighted by Crippen LogP contribution is 2.26. The molecule has 2 aromatic rings. The van der Waals surface area contributed by atoms with Crippen LogP contribution in [0.25, 0.3) is 11.0 Å². The Bertz CT molecular complexity index is 464. The van der Waals surface area contributed by atoms with Gasteiger partial charge in [-0.05, 0) is 42.6 Å². The van der Waals surface area contributed by atoms with Crippen molar-refractivity contribution in [1.82, 2.24) is 0 Å². The monoisotopic (exact) mass is 267 g/mol. The molecule has 0 spiro atoms. The van der Waals surface area contributed by atoms with Gasteiger partial charge in [0.15, 0.2) is 0 Å². The number of furan rings is 1. The Morgan fingerprint density at radius 3 is 3.00 bits per heavy atom. The quantitative estimate of drug-likeness (QED) is 0.927. The van der Waals surface area contributed by atoms with Gasteiger partial charge in [-0.1, -0.05) is 22.9 Å². The summed E-state index contributed by atoms with van der Waals surface area (Å²) in [5.74, 6) is 0.479. The molecule has 1 heterocycles. The van der Waals surface area contributed by atoms with Crippen molar-refractivity contribution in [3.05, 3.63) is 34.5 Å². The summed E-state index contributed by atoms with van der Waals surface area (Å²) in [4.78, 5) is 0. The number of fused-ring (bicyclic) bond motifs is 1. The molecule has 0 aliphatic carbocycles. The molecule has 1 atom stereocenters. The lowest BCUT2D eigenvalue weighted by Crippen LogP contribution is -2.13. The highest BCUT2D eigenvalue weighted by molar-refractivity contribution is 9.10. The average molecular weight is 268 g/mol. The van der Waals surface area contributed by atoms with E-state index in [1.807, 2.05) is 6.07 Å². The summed E-state index contributed by atoms with van der Waals surface area (Å²) in [5, 5.41) is 1.14. The standard InChI is InChI=1S/C12H14BrNO/c1-8(7-14)4-10-6-11(13)5-9-2-3-15-12(9)10/h2-3,5-6,8H,4,7,14H2,1H3. The summed E-state index contributed by atoms with van der Waals surface area (Å²) >= 11 is 3.51. The lowest BCUT2D eigenvalue weighted by atomic mass is 10.00. The van der Waals surface area contributed by atoms with Crippen molar-refractivity contribution in [3.63, 3.8) is 0 Å². The fourth-order valence-corrected chi connectivity index (χ4v) is 2.25. The number of hydrogen-bond donors (Lipinski definition) is 1. The van der Waals surface area contributed by atoms with Gasteiger partial charge in [0, 0.05) is 9.86 Å². The topological polar surface area (TPSA) is 39.2 Å². The molecule has 0 radical (unpaired) electrons. The van der Waals surface area contributed by atoms with Gasteiger partial charge < -0.3 is 10.2 Å².